The predicted octanol–water partition coefficient (Wildman–Crippen LogP) is 6.55. The molecule has 24 heavy (non-hydrogen) atoms. The van der Waals surface area contributed by atoms with Crippen LogP contribution in [0.25, 0.3) is 0 Å². The smallest absolute Gasteiger partial charge is 0.449 e. The van der Waals surface area contributed by atoms with Crippen molar-refractivity contribution in [2.24, 2.45) is 0 Å². The largest absolute Gasteiger partial charge is 0.511 e. The molecule has 1 aromatic rings. The van der Waals surface area contributed by atoms with Gasteiger partial charge in [-0.1, -0.05) is 71.8 Å². The summed E-state index contributed by atoms with van der Waals surface area (Å²) in [6.45, 7) is 6.54. The monoisotopic (exact) mass is 334 g/mol. The molecule has 3 nitrogen and oxygen atoms in total. The fourth-order valence-corrected chi connectivity index (χ4v) is 3.33. The highest BCUT2D eigenvalue weighted by atomic mass is 16.7. The summed E-state index contributed by atoms with van der Waals surface area (Å²) in [5.74, 6) is 0.527. The average Bonchev–Trinajstić information content (AvgIpc) is 2.55. The van der Waals surface area contributed by atoms with Crippen LogP contribution >= 0.6 is 0 Å². The molecule has 1 aromatic carbocycles. The fourth-order valence-electron chi connectivity index (χ4n) is 3.33. The van der Waals surface area contributed by atoms with Gasteiger partial charge in [-0.3, -0.25) is 0 Å². The van der Waals surface area contributed by atoms with Crippen LogP contribution < -0.4 is 4.74 Å². The van der Waals surface area contributed by atoms with Crippen LogP contribution in [0.4, 0.5) is 4.79 Å². The molecule has 0 aliphatic carbocycles. The Balaban J connectivity index is 2.85. The zero-order valence-electron chi connectivity index (χ0n) is 15.7. The minimum atomic E-state index is -1.22. The van der Waals surface area contributed by atoms with Crippen molar-refractivity contribution in [1.29, 1.82) is 0 Å². The van der Waals surface area contributed by atoms with Crippen molar-refractivity contribution in [3.8, 4) is 5.75 Å². The first kappa shape index (κ1) is 20.5. The van der Waals surface area contributed by atoms with Crippen molar-refractivity contribution in [2.45, 2.75) is 91.4 Å². The Morgan fingerprint density at radius 3 is 2.08 bits per heavy atom. The molecule has 0 aliphatic heterocycles. The normalized spacial score (nSPS) is 10.8. The minimum Gasteiger partial charge on any atom is -0.449 e. The summed E-state index contributed by atoms with van der Waals surface area (Å²) in [6.07, 6.45) is 11.6. The number of aryl methyl sites for hydroxylation is 1. The number of ether oxygens (including phenoxy) is 1. The zero-order chi connectivity index (χ0) is 17.8. The summed E-state index contributed by atoms with van der Waals surface area (Å²) in [4.78, 5) is 11.0. The van der Waals surface area contributed by atoms with Gasteiger partial charge in [-0.15, -0.1) is 0 Å². The third kappa shape index (κ3) is 6.94. The summed E-state index contributed by atoms with van der Waals surface area (Å²) < 4.78 is 5.03. The standard InChI is InChI=1S/C21H34O3/c1-4-7-8-9-10-11-14-17-15-16-20(24-21(22)23)19(13-6-3)18(17)12-5-2/h15-16H,4-14H2,1-3H3,(H,22,23). The molecule has 0 aliphatic rings. The molecular formula is C21H34O3. The van der Waals surface area contributed by atoms with Crippen molar-refractivity contribution < 1.29 is 14.6 Å². The average molecular weight is 335 g/mol. The molecule has 0 spiro atoms. The van der Waals surface area contributed by atoms with Gasteiger partial charge in [-0.05, 0) is 48.4 Å². The van der Waals surface area contributed by atoms with Crippen molar-refractivity contribution in [3.63, 3.8) is 0 Å². The lowest BCUT2D eigenvalue weighted by molar-refractivity contribution is 0.144. The van der Waals surface area contributed by atoms with Gasteiger partial charge in [-0.25, -0.2) is 4.79 Å². The molecule has 0 atom stereocenters. The molecule has 1 N–H and O–H groups in total. The number of hydrogen-bond acceptors (Lipinski definition) is 2. The molecule has 0 bridgehead atoms. The molecule has 0 amide bonds. The van der Waals surface area contributed by atoms with Crippen LogP contribution in [0.3, 0.4) is 0 Å². The maximum Gasteiger partial charge on any atom is 0.511 e. The lowest BCUT2D eigenvalue weighted by atomic mass is 9.91. The third-order valence-electron chi connectivity index (χ3n) is 4.48. The van der Waals surface area contributed by atoms with Crippen LogP contribution in [0.5, 0.6) is 5.75 Å². The molecule has 0 aromatic heterocycles. The molecule has 0 radical (unpaired) electrons. The van der Waals surface area contributed by atoms with E-state index in [-0.39, 0.29) is 0 Å². The van der Waals surface area contributed by atoms with E-state index >= 15 is 0 Å². The van der Waals surface area contributed by atoms with E-state index in [4.69, 9.17) is 9.84 Å². The number of hydrogen-bond donors (Lipinski definition) is 1. The lowest BCUT2D eigenvalue weighted by Crippen LogP contribution is -2.09. The van der Waals surface area contributed by atoms with Crippen LogP contribution in [0.1, 0.15) is 88.8 Å². The summed E-state index contributed by atoms with van der Waals surface area (Å²) in [5, 5.41) is 8.97. The summed E-state index contributed by atoms with van der Waals surface area (Å²) in [6, 6.07) is 3.93. The van der Waals surface area contributed by atoms with Gasteiger partial charge in [0.1, 0.15) is 5.75 Å². The van der Waals surface area contributed by atoms with Crippen LogP contribution in [-0.4, -0.2) is 11.3 Å². The highest BCUT2D eigenvalue weighted by Crippen LogP contribution is 2.30. The molecule has 0 heterocycles. The number of rotatable bonds is 12. The van der Waals surface area contributed by atoms with Crippen LogP contribution in [0, 0.1) is 0 Å². The number of benzene rings is 1. The van der Waals surface area contributed by atoms with Gasteiger partial charge in [0.15, 0.2) is 0 Å². The molecule has 136 valence electrons. The van der Waals surface area contributed by atoms with Gasteiger partial charge in [-0.2, -0.15) is 0 Å². The summed E-state index contributed by atoms with van der Waals surface area (Å²) >= 11 is 0. The predicted molar refractivity (Wildman–Crippen MR) is 100 cm³/mol. The van der Waals surface area contributed by atoms with E-state index < -0.39 is 6.16 Å². The Kier molecular flexibility index (Phi) is 10.2. The molecule has 1 rings (SSSR count). The second-order valence-corrected chi connectivity index (χ2v) is 6.57. The SMILES string of the molecule is CCCCCCCCc1ccc(OC(=O)O)c(CCC)c1CCC. The van der Waals surface area contributed by atoms with E-state index in [0.717, 1.165) is 37.7 Å². The third-order valence-corrected chi connectivity index (χ3v) is 4.48. The molecule has 0 fully saturated rings. The van der Waals surface area contributed by atoms with Crippen molar-refractivity contribution in [1.82, 2.24) is 0 Å². The second kappa shape index (κ2) is 11.9. The molecule has 0 saturated carbocycles. The minimum absolute atomic E-state index is 0.527. The Labute approximate surface area is 147 Å². The maximum absolute atomic E-state index is 11.0. The van der Waals surface area contributed by atoms with E-state index in [1.54, 1.807) is 0 Å². The number of unbranched alkanes of at least 4 members (excludes halogenated alkanes) is 5. The van der Waals surface area contributed by atoms with Gasteiger partial charge in [0.2, 0.25) is 0 Å². The van der Waals surface area contributed by atoms with Crippen molar-refractivity contribution in [3.05, 3.63) is 28.8 Å². The first-order valence-corrected chi connectivity index (χ1v) is 9.68. The van der Waals surface area contributed by atoms with E-state index in [9.17, 15) is 4.79 Å². The number of carbonyl (C=O) groups is 1. The van der Waals surface area contributed by atoms with Crippen LogP contribution in [0.2, 0.25) is 0 Å². The molecular weight excluding hydrogens is 300 g/mol. The topological polar surface area (TPSA) is 46.5 Å². The summed E-state index contributed by atoms with van der Waals surface area (Å²) in [7, 11) is 0. The van der Waals surface area contributed by atoms with Crippen LogP contribution in [-0.2, 0) is 19.3 Å². The number of carboxylic acid groups (broad SMARTS) is 1. The quantitative estimate of drug-likeness (QED) is 0.268. The van der Waals surface area contributed by atoms with Gasteiger partial charge in [0.05, 0.1) is 0 Å². The van der Waals surface area contributed by atoms with Gasteiger partial charge < -0.3 is 9.84 Å². The lowest BCUT2D eigenvalue weighted by Gasteiger charge is -2.17. The maximum atomic E-state index is 11.0. The van der Waals surface area contributed by atoms with Gasteiger partial charge >= 0.3 is 6.16 Å². The molecule has 0 unspecified atom stereocenters. The zero-order valence-corrected chi connectivity index (χ0v) is 15.7. The Morgan fingerprint density at radius 1 is 0.833 bits per heavy atom. The van der Waals surface area contributed by atoms with Crippen molar-refractivity contribution >= 4 is 6.16 Å². The Hall–Kier alpha value is -1.51. The Morgan fingerprint density at radius 2 is 1.46 bits per heavy atom. The summed E-state index contributed by atoms with van der Waals surface area (Å²) in [5.41, 5.74) is 3.81. The highest BCUT2D eigenvalue weighted by molar-refractivity contribution is 5.63. The Bertz CT molecular complexity index is 494. The highest BCUT2D eigenvalue weighted by Gasteiger charge is 2.15. The van der Waals surface area contributed by atoms with Crippen LogP contribution in [0.15, 0.2) is 12.1 Å². The van der Waals surface area contributed by atoms with E-state index in [1.807, 2.05) is 6.07 Å². The van der Waals surface area contributed by atoms with Gasteiger partial charge in [0.25, 0.3) is 0 Å². The first-order valence-electron chi connectivity index (χ1n) is 9.68. The van der Waals surface area contributed by atoms with E-state index in [0.29, 0.717) is 5.75 Å². The van der Waals surface area contributed by atoms with E-state index in [1.165, 1.54) is 49.7 Å². The van der Waals surface area contributed by atoms with E-state index in [2.05, 4.69) is 26.8 Å². The second-order valence-electron chi connectivity index (χ2n) is 6.57. The first-order chi connectivity index (χ1) is 11.6. The fraction of sp³-hybridized carbons (Fsp3) is 0.667. The van der Waals surface area contributed by atoms with Gasteiger partial charge in [0, 0.05) is 0 Å². The molecule has 0 saturated heterocycles. The molecule has 3 heteroatoms. The van der Waals surface area contributed by atoms with Crippen molar-refractivity contribution in [2.75, 3.05) is 0 Å².